The number of allylic oxidation sites excluding steroid dienone is 3. The van der Waals surface area contributed by atoms with E-state index in [2.05, 4.69) is 33.4 Å². The molecule has 0 radical (unpaired) electrons. The average Bonchev–Trinajstić information content (AvgIpc) is 2.19. The van der Waals surface area contributed by atoms with Gasteiger partial charge in [0.15, 0.2) is 0 Å². The van der Waals surface area contributed by atoms with E-state index in [1.54, 1.807) is 5.57 Å². The molecule has 84 valence electrons. The summed E-state index contributed by atoms with van der Waals surface area (Å²) in [6.07, 6.45) is 10.4. The van der Waals surface area contributed by atoms with E-state index in [-0.39, 0.29) is 0 Å². The first-order chi connectivity index (χ1) is 6.96. The van der Waals surface area contributed by atoms with Crippen LogP contribution in [0.25, 0.3) is 0 Å². The van der Waals surface area contributed by atoms with Crippen LogP contribution in [0.15, 0.2) is 23.8 Å². The Kier molecular flexibility index (Phi) is 2.56. The molecule has 0 aromatic carbocycles. The maximum Gasteiger partial charge on any atom is -0.00479 e. The van der Waals surface area contributed by atoms with E-state index in [0.717, 1.165) is 0 Å². The van der Waals surface area contributed by atoms with Crippen molar-refractivity contribution in [3.05, 3.63) is 23.8 Å². The van der Waals surface area contributed by atoms with Crippen molar-refractivity contribution in [2.24, 2.45) is 10.8 Å². The van der Waals surface area contributed by atoms with Gasteiger partial charge in [0, 0.05) is 0 Å². The van der Waals surface area contributed by atoms with E-state index in [4.69, 9.17) is 0 Å². The highest BCUT2D eigenvalue weighted by molar-refractivity contribution is 5.25. The molecule has 0 saturated heterocycles. The Bertz CT molecular complexity index is 306. The predicted molar refractivity (Wildman–Crippen MR) is 66.8 cm³/mol. The summed E-state index contributed by atoms with van der Waals surface area (Å²) in [4.78, 5) is 0. The Morgan fingerprint density at radius 1 is 1.20 bits per heavy atom. The van der Waals surface area contributed by atoms with Crippen LogP contribution in [0, 0.1) is 10.8 Å². The Morgan fingerprint density at radius 3 is 2.53 bits per heavy atom. The summed E-state index contributed by atoms with van der Waals surface area (Å²) < 4.78 is 0. The fraction of sp³-hybridized carbons (Fsp3) is 0.733. The maximum absolute atomic E-state index is 4.44. The summed E-state index contributed by atoms with van der Waals surface area (Å²) in [5.74, 6) is 0. The van der Waals surface area contributed by atoms with E-state index in [1.165, 1.54) is 44.1 Å². The van der Waals surface area contributed by atoms with Crippen molar-refractivity contribution >= 4 is 0 Å². The normalized spacial score (nSPS) is 35.4. The minimum Gasteiger partial charge on any atom is -0.0987 e. The van der Waals surface area contributed by atoms with E-state index in [0.29, 0.717) is 10.8 Å². The Morgan fingerprint density at radius 2 is 1.93 bits per heavy atom. The standard InChI is InChI=1S/C15H24/c1-12-6-10-15(11-7-12)9-5-8-14(3,4)13(15)2/h6H,2,5,7-11H2,1,3-4H3. The molecule has 1 unspecified atom stereocenters. The van der Waals surface area contributed by atoms with Gasteiger partial charge in [-0.25, -0.2) is 0 Å². The highest BCUT2D eigenvalue weighted by Crippen LogP contribution is 2.55. The van der Waals surface area contributed by atoms with Crippen molar-refractivity contribution in [1.29, 1.82) is 0 Å². The molecule has 15 heavy (non-hydrogen) atoms. The highest BCUT2D eigenvalue weighted by atomic mass is 14.5. The van der Waals surface area contributed by atoms with Crippen LogP contribution in [0.2, 0.25) is 0 Å². The first kappa shape index (κ1) is 11.0. The van der Waals surface area contributed by atoms with Gasteiger partial charge in [-0.1, -0.05) is 44.1 Å². The van der Waals surface area contributed by atoms with Crippen molar-refractivity contribution in [3.8, 4) is 0 Å². The lowest BCUT2D eigenvalue weighted by Gasteiger charge is -2.49. The number of hydrogen-bond donors (Lipinski definition) is 0. The van der Waals surface area contributed by atoms with Crippen LogP contribution in [0.5, 0.6) is 0 Å². The molecule has 0 bridgehead atoms. The smallest absolute Gasteiger partial charge is 0.00479 e. The van der Waals surface area contributed by atoms with Crippen LogP contribution in [0.3, 0.4) is 0 Å². The minimum absolute atomic E-state index is 0.372. The molecular weight excluding hydrogens is 180 g/mol. The molecule has 2 aliphatic rings. The van der Waals surface area contributed by atoms with E-state index in [9.17, 15) is 0 Å². The fourth-order valence-electron chi connectivity index (χ4n) is 3.40. The third-order valence-corrected chi connectivity index (χ3v) is 4.75. The van der Waals surface area contributed by atoms with Gasteiger partial charge in [0.25, 0.3) is 0 Å². The topological polar surface area (TPSA) is 0 Å². The molecule has 1 fully saturated rings. The summed E-state index contributed by atoms with van der Waals surface area (Å²) in [6, 6.07) is 0. The molecule has 1 spiro atoms. The highest BCUT2D eigenvalue weighted by Gasteiger charge is 2.43. The van der Waals surface area contributed by atoms with E-state index in [1.807, 2.05) is 0 Å². The fourth-order valence-corrected chi connectivity index (χ4v) is 3.40. The van der Waals surface area contributed by atoms with Gasteiger partial charge < -0.3 is 0 Å². The average molecular weight is 204 g/mol. The van der Waals surface area contributed by atoms with Crippen LogP contribution in [-0.4, -0.2) is 0 Å². The van der Waals surface area contributed by atoms with E-state index >= 15 is 0 Å². The molecular formula is C15H24. The molecule has 0 aromatic heterocycles. The first-order valence-corrected chi connectivity index (χ1v) is 6.32. The minimum atomic E-state index is 0.372. The van der Waals surface area contributed by atoms with Gasteiger partial charge in [-0.2, -0.15) is 0 Å². The van der Waals surface area contributed by atoms with Gasteiger partial charge in [0.1, 0.15) is 0 Å². The summed E-state index contributed by atoms with van der Waals surface area (Å²) in [6.45, 7) is 11.5. The summed E-state index contributed by atoms with van der Waals surface area (Å²) in [7, 11) is 0. The third kappa shape index (κ3) is 1.79. The Labute approximate surface area is 94.5 Å². The SMILES string of the molecule is C=C1C(C)(C)CCCC12CC=C(C)CC2. The molecule has 2 aliphatic carbocycles. The largest absolute Gasteiger partial charge is 0.0987 e. The predicted octanol–water partition coefficient (Wildman–Crippen LogP) is 4.87. The number of rotatable bonds is 0. The number of hydrogen-bond acceptors (Lipinski definition) is 0. The van der Waals surface area contributed by atoms with Gasteiger partial charge in [-0.15, -0.1) is 0 Å². The van der Waals surface area contributed by atoms with Gasteiger partial charge >= 0.3 is 0 Å². The summed E-state index contributed by atoms with van der Waals surface area (Å²) in [5.41, 5.74) is 3.94. The van der Waals surface area contributed by atoms with Gasteiger partial charge in [-0.05, 0) is 49.9 Å². The van der Waals surface area contributed by atoms with Crippen LogP contribution < -0.4 is 0 Å². The second-order valence-corrected chi connectivity index (χ2v) is 6.25. The van der Waals surface area contributed by atoms with Crippen LogP contribution >= 0.6 is 0 Å². The summed E-state index contributed by atoms with van der Waals surface area (Å²) >= 11 is 0. The molecule has 0 nitrogen and oxygen atoms in total. The zero-order chi connectivity index (χ0) is 11.1. The second-order valence-electron chi connectivity index (χ2n) is 6.25. The van der Waals surface area contributed by atoms with E-state index < -0.39 is 0 Å². The van der Waals surface area contributed by atoms with Crippen molar-refractivity contribution in [3.63, 3.8) is 0 Å². The van der Waals surface area contributed by atoms with Gasteiger partial charge in [0.2, 0.25) is 0 Å². The van der Waals surface area contributed by atoms with Crippen LogP contribution in [0.1, 0.15) is 59.3 Å². The molecule has 0 heterocycles. The van der Waals surface area contributed by atoms with Crippen LogP contribution in [-0.2, 0) is 0 Å². The molecule has 2 rings (SSSR count). The van der Waals surface area contributed by atoms with Crippen molar-refractivity contribution in [2.75, 3.05) is 0 Å². The molecule has 0 heteroatoms. The Hall–Kier alpha value is -0.520. The molecule has 0 amide bonds. The van der Waals surface area contributed by atoms with Crippen molar-refractivity contribution < 1.29 is 0 Å². The zero-order valence-electron chi connectivity index (χ0n) is 10.5. The van der Waals surface area contributed by atoms with Crippen molar-refractivity contribution in [1.82, 2.24) is 0 Å². The molecule has 1 saturated carbocycles. The lowest BCUT2D eigenvalue weighted by atomic mass is 9.56. The molecule has 0 aromatic rings. The second kappa shape index (κ2) is 3.50. The van der Waals surface area contributed by atoms with Gasteiger partial charge in [-0.3, -0.25) is 0 Å². The third-order valence-electron chi connectivity index (χ3n) is 4.75. The molecule has 0 N–H and O–H groups in total. The molecule has 1 atom stereocenters. The maximum atomic E-state index is 4.44. The quantitative estimate of drug-likeness (QED) is 0.494. The first-order valence-electron chi connectivity index (χ1n) is 6.32. The lowest BCUT2D eigenvalue weighted by molar-refractivity contribution is 0.165. The van der Waals surface area contributed by atoms with Gasteiger partial charge in [0.05, 0.1) is 0 Å². The molecule has 0 aliphatic heterocycles. The van der Waals surface area contributed by atoms with Crippen LogP contribution in [0.4, 0.5) is 0 Å². The zero-order valence-corrected chi connectivity index (χ0v) is 10.5. The summed E-state index contributed by atoms with van der Waals surface area (Å²) in [5, 5.41) is 0. The monoisotopic (exact) mass is 204 g/mol. The van der Waals surface area contributed by atoms with Crippen molar-refractivity contribution in [2.45, 2.75) is 59.3 Å². The Balaban J connectivity index is 2.25. The lowest BCUT2D eigenvalue weighted by Crippen LogP contribution is -2.36.